The van der Waals surface area contributed by atoms with Crippen LogP contribution in [0.2, 0.25) is 5.02 Å². The maximum Gasteiger partial charge on any atom is 0.251 e. The first kappa shape index (κ1) is 22.0. The van der Waals surface area contributed by atoms with Gasteiger partial charge in [0.2, 0.25) is 11.9 Å². The van der Waals surface area contributed by atoms with Crippen molar-refractivity contribution >= 4 is 35.1 Å². The standard InChI is InChI=1S/C21H26ClN5O3/c1-11(28)8-23-20(30)15-5-6-18-17(7-15)19(12(2)13(3)27(18)14(4)29)26-21-24-9-16(22)10-25-21/h5-7,9-13,19,28H,8H2,1-4H3,(H,23,30)(H,24,25,26)/t11-,12+,13+,19-/m1/s1. The van der Waals surface area contributed by atoms with Crippen LogP contribution in [0.1, 0.15) is 49.7 Å². The number of hydrogen-bond acceptors (Lipinski definition) is 6. The fourth-order valence-electron chi connectivity index (χ4n) is 3.71. The first-order valence-electron chi connectivity index (χ1n) is 9.83. The Kier molecular flexibility index (Phi) is 6.58. The van der Waals surface area contributed by atoms with Gasteiger partial charge in [0.15, 0.2) is 0 Å². The number of aliphatic hydroxyl groups is 1. The van der Waals surface area contributed by atoms with Gasteiger partial charge in [0, 0.05) is 36.7 Å². The highest BCUT2D eigenvalue weighted by molar-refractivity contribution is 6.30. The van der Waals surface area contributed by atoms with E-state index in [1.54, 1.807) is 30.0 Å². The summed E-state index contributed by atoms with van der Waals surface area (Å²) >= 11 is 5.89. The summed E-state index contributed by atoms with van der Waals surface area (Å²) in [5, 5.41) is 15.9. The molecule has 1 aromatic carbocycles. The highest BCUT2D eigenvalue weighted by Gasteiger charge is 2.38. The zero-order chi connectivity index (χ0) is 22.0. The molecule has 1 aliphatic heterocycles. The van der Waals surface area contributed by atoms with E-state index in [0.29, 0.717) is 16.5 Å². The molecule has 0 bridgehead atoms. The predicted octanol–water partition coefficient (Wildman–Crippen LogP) is 2.78. The third kappa shape index (κ3) is 4.55. The van der Waals surface area contributed by atoms with E-state index in [4.69, 9.17) is 11.6 Å². The van der Waals surface area contributed by atoms with Crippen molar-refractivity contribution in [1.82, 2.24) is 15.3 Å². The largest absolute Gasteiger partial charge is 0.392 e. The molecule has 2 amide bonds. The molecule has 0 unspecified atom stereocenters. The van der Waals surface area contributed by atoms with Gasteiger partial charge < -0.3 is 20.6 Å². The molecule has 9 heteroatoms. The molecule has 8 nitrogen and oxygen atoms in total. The van der Waals surface area contributed by atoms with Crippen LogP contribution < -0.4 is 15.5 Å². The molecule has 2 heterocycles. The minimum Gasteiger partial charge on any atom is -0.392 e. The van der Waals surface area contributed by atoms with E-state index in [1.807, 2.05) is 13.8 Å². The zero-order valence-electron chi connectivity index (χ0n) is 17.4. The van der Waals surface area contributed by atoms with Gasteiger partial charge in [0.25, 0.3) is 5.91 Å². The number of rotatable bonds is 5. The van der Waals surface area contributed by atoms with E-state index < -0.39 is 6.10 Å². The van der Waals surface area contributed by atoms with Crippen molar-refractivity contribution in [3.63, 3.8) is 0 Å². The Morgan fingerprint density at radius 2 is 1.93 bits per heavy atom. The Hall–Kier alpha value is -2.71. The summed E-state index contributed by atoms with van der Waals surface area (Å²) in [6.07, 6.45) is 2.38. The Morgan fingerprint density at radius 1 is 1.27 bits per heavy atom. The third-order valence-electron chi connectivity index (χ3n) is 5.38. The van der Waals surface area contributed by atoms with Gasteiger partial charge in [0.05, 0.1) is 29.6 Å². The number of carbonyl (C=O) groups is 2. The molecular weight excluding hydrogens is 406 g/mol. The highest BCUT2D eigenvalue weighted by Crippen LogP contribution is 2.42. The summed E-state index contributed by atoms with van der Waals surface area (Å²) < 4.78 is 0. The molecule has 0 fully saturated rings. The van der Waals surface area contributed by atoms with Gasteiger partial charge in [0.1, 0.15) is 0 Å². The van der Waals surface area contributed by atoms with Crippen molar-refractivity contribution in [2.75, 3.05) is 16.8 Å². The number of benzene rings is 1. The van der Waals surface area contributed by atoms with Crippen LogP contribution in [-0.2, 0) is 4.79 Å². The van der Waals surface area contributed by atoms with Crippen LogP contribution in [-0.4, -0.2) is 45.6 Å². The van der Waals surface area contributed by atoms with Gasteiger partial charge in [-0.05, 0) is 37.6 Å². The molecule has 4 atom stereocenters. The maximum atomic E-state index is 12.5. The topological polar surface area (TPSA) is 107 Å². The maximum absolute atomic E-state index is 12.5. The Labute approximate surface area is 180 Å². The summed E-state index contributed by atoms with van der Waals surface area (Å²) in [4.78, 5) is 35.1. The van der Waals surface area contributed by atoms with Crippen LogP contribution in [0, 0.1) is 5.92 Å². The SMILES string of the molecule is CC(=O)N1c2ccc(C(=O)NC[C@@H](C)O)cc2[C@H](Nc2ncc(Cl)cn2)[C@@H](C)[C@@H]1C. The predicted molar refractivity (Wildman–Crippen MR) is 116 cm³/mol. The number of hydrogen-bond donors (Lipinski definition) is 3. The van der Waals surface area contributed by atoms with Gasteiger partial charge >= 0.3 is 0 Å². The number of aliphatic hydroxyl groups excluding tert-OH is 1. The van der Waals surface area contributed by atoms with Crippen LogP contribution in [0.15, 0.2) is 30.6 Å². The molecule has 0 saturated heterocycles. The second-order valence-electron chi connectivity index (χ2n) is 7.67. The van der Waals surface area contributed by atoms with E-state index in [0.717, 1.165) is 11.3 Å². The lowest BCUT2D eigenvalue weighted by Gasteiger charge is -2.44. The van der Waals surface area contributed by atoms with Crippen LogP contribution in [0.3, 0.4) is 0 Å². The smallest absolute Gasteiger partial charge is 0.251 e. The average molecular weight is 432 g/mol. The molecule has 1 aromatic heterocycles. The fraction of sp³-hybridized carbons (Fsp3) is 0.429. The summed E-state index contributed by atoms with van der Waals surface area (Å²) in [7, 11) is 0. The first-order valence-corrected chi connectivity index (χ1v) is 10.2. The van der Waals surface area contributed by atoms with E-state index in [1.165, 1.54) is 19.3 Å². The van der Waals surface area contributed by atoms with Crippen LogP contribution in [0.5, 0.6) is 0 Å². The van der Waals surface area contributed by atoms with E-state index in [-0.39, 0.29) is 36.4 Å². The van der Waals surface area contributed by atoms with Gasteiger partial charge in [-0.15, -0.1) is 0 Å². The number of nitrogens with one attached hydrogen (secondary N) is 2. The zero-order valence-corrected chi connectivity index (χ0v) is 18.1. The lowest BCUT2D eigenvalue weighted by Crippen LogP contribution is -2.48. The number of anilines is 2. The Balaban J connectivity index is 2.02. The van der Waals surface area contributed by atoms with Crippen molar-refractivity contribution in [1.29, 1.82) is 0 Å². The number of fused-ring (bicyclic) bond motifs is 1. The van der Waals surface area contributed by atoms with Gasteiger partial charge in [-0.25, -0.2) is 9.97 Å². The van der Waals surface area contributed by atoms with Crippen molar-refractivity contribution in [2.45, 2.75) is 45.9 Å². The van der Waals surface area contributed by atoms with Crippen molar-refractivity contribution in [3.8, 4) is 0 Å². The molecule has 3 rings (SSSR count). The van der Waals surface area contributed by atoms with Crippen LogP contribution in [0.25, 0.3) is 0 Å². The molecular formula is C21H26ClN5O3. The number of carbonyl (C=O) groups excluding carboxylic acids is 2. The summed E-state index contributed by atoms with van der Waals surface area (Å²) in [6.45, 7) is 7.33. The van der Waals surface area contributed by atoms with Crippen LogP contribution in [0.4, 0.5) is 11.6 Å². The van der Waals surface area contributed by atoms with E-state index in [2.05, 4.69) is 20.6 Å². The highest BCUT2D eigenvalue weighted by atomic mass is 35.5. The van der Waals surface area contributed by atoms with E-state index >= 15 is 0 Å². The second-order valence-corrected chi connectivity index (χ2v) is 8.10. The summed E-state index contributed by atoms with van der Waals surface area (Å²) in [5.41, 5.74) is 1.99. The van der Waals surface area contributed by atoms with Crippen molar-refractivity contribution < 1.29 is 14.7 Å². The number of nitrogens with zero attached hydrogens (tertiary/aromatic N) is 3. The molecule has 160 valence electrons. The molecule has 0 radical (unpaired) electrons. The number of aromatic nitrogens is 2. The number of amides is 2. The lowest BCUT2D eigenvalue weighted by molar-refractivity contribution is -0.117. The summed E-state index contributed by atoms with van der Waals surface area (Å²) in [5.74, 6) is 0.0648. The monoisotopic (exact) mass is 431 g/mol. The van der Waals surface area contributed by atoms with Crippen molar-refractivity contribution in [2.24, 2.45) is 5.92 Å². The quantitative estimate of drug-likeness (QED) is 0.671. The Bertz CT molecular complexity index is 935. The van der Waals surface area contributed by atoms with Gasteiger partial charge in [-0.1, -0.05) is 18.5 Å². The van der Waals surface area contributed by atoms with Gasteiger partial charge in [-0.2, -0.15) is 0 Å². The van der Waals surface area contributed by atoms with Crippen LogP contribution >= 0.6 is 11.6 Å². The average Bonchev–Trinajstić information content (AvgIpc) is 2.70. The molecule has 2 aromatic rings. The molecule has 0 aliphatic carbocycles. The first-order chi connectivity index (χ1) is 14.2. The molecule has 0 spiro atoms. The van der Waals surface area contributed by atoms with Gasteiger partial charge in [-0.3, -0.25) is 9.59 Å². The van der Waals surface area contributed by atoms with E-state index in [9.17, 15) is 14.7 Å². The normalized spacial score (nSPS) is 21.5. The second kappa shape index (κ2) is 8.97. The summed E-state index contributed by atoms with van der Waals surface area (Å²) in [6, 6.07) is 4.95. The Morgan fingerprint density at radius 3 is 2.53 bits per heavy atom. The fourth-order valence-corrected chi connectivity index (χ4v) is 3.81. The lowest BCUT2D eigenvalue weighted by atomic mass is 9.82. The molecule has 30 heavy (non-hydrogen) atoms. The minimum absolute atomic E-state index is 0.0106. The third-order valence-corrected chi connectivity index (χ3v) is 5.58. The minimum atomic E-state index is -0.642. The van der Waals surface area contributed by atoms with Crippen molar-refractivity contribution in [3.05, 3.63) is 46.7 Å². The molecule has 1 aliphatic rings. The number of halogens is 1. The molecule has 3 N–H and O–H groups in total. The molecule has 0 saturated carbocycles.